The monoisotopic (exact) mass is 363 g/mol. The fraction of sp³-hybridized carbons (Fsp3) is 0.318. The molecule has 0 bridgehead atoms. The second-order valence-electron chi connectivity index (χ2n) is 6.87. The molecular weight excluding hydrogens is 338 g/mol. The standard InChI is InChI=1S/C22H25N3O2/c1-16-7-6-10-19(15-16)22-24-21(27-25-22)14-13-20(26)23-17(2)11-12-18-8-4-3-5-9-18/h3-10,15,17H,11-14H2,1-2H3,(H,23,26). The van der Waals surface area contributed by atoms with Gasteiger partial charge in [0.1, 0.15) is 0 Å². The maximum Gasteiger partial charge on any atom is 0.227 e. The number of rotatable bonds is 8. The molecule has 2 aromatic carbocycles. The lowest BCUT2D eigenvalue weighted by atomic mass is 10.1. The van der Waals surface area contributed by atoms with E-state index in [0.29, 0.717) is 24.6 Å². The Morgan fingerprint density at radius 2 is 1.93 bits per heavy atom. The molecule has 140 valence electrons. The zero-order valence-corrected chi connectivity index (χ0v) is 15.8. The molecule has 0 aliphatic rings. The molecule has 3 rings (SSSR count). The Morgan fingerprint density at radius 1 is 1.11 bits per heavy atom. The number of hydrogen-bond donors (Lipinski definition) is 1. The van der Waals surface area contributed by atoms with Crippen molar-refractivity contribution in [1.82, 2.24) is 15.5 Å². The third-order valence-electron chi connectivity index (χ3n) is 4.43. The maximum atomic E-state index is 12.2. The minimum absolute atomic E-state index is 0.00543. The first-order valence-corrected chi connectivity index (χ1v) is 9.33. The van der Waals surface area contributed by atoms with Gasteiger partial charge in [-0.05, 0) is 38.3 Å². The van der Waals surface area contributed by atoms with Gasteiger partial charge in [-0.1, -0.05) is 59.3 Å². The van der Waals surface area contributed by atoms with Crippen molar-refractivity contribution in [1.29, 1.82) is 0 Å². The van der Waals surface area contributed by atoms with Crippen molar-refractivity contribution < 1.29 is 9.32 Å². The zero-order chi connectivity index (χ0) is 19.1. The second-order valence-corrected chi connectivity index (χ2v) is 6.87. The van der Waals surface area contributed by atoms with Crippen LogP contribution >= 0.6 is 0 Å². The van der Waals surface area contributed by atoms with Gasteiger partial charge in [-0.3, -0.25) is 4.79 Å². The van der Waals surface area contributed by atoms with Gasteiger partial charge in [0.15, 0.2) is 0 Å². The minimum atomic E-state index is 0.00543. The molecule has 1 amide bonds. The number of hydrogen-bond acceptors (Lipinski definition) is 4. The molecular formula is C22H25N3O2. The summed E-state index contributed by atoms with van der Waals surface area (Å²) in [4.78, 5) is 16.5. The lowest BCUT2D eigenvalue weighted by Gasteiger charge is -2.13. The normalized spacial score (nSPS) is 11.9. The first-order valence-electron chi connectivity index (χ1n) is 9.33. The van der Waals surface area contributed by atoms with Gasteiger partial charge in [0, 0.05) is 24.4 Å². The van der Waals surface area contributed by atoms with Crippen molar-refractivity contribution in [3.05, 3.63) is 71.6 Å². The highest BCUT2D eigenvalue weighted by atomic mass is 16.5. The van der Waals surface area contributed by atoms with Gasteiger partial charge in [-0.25, -0.2) is 0 Å². The Bertz CT molecular complexity index is 874. The Balaban J connectivity index is 1.44. The van der Waals surface area contributed by atoms with Gasteiger partial charge in [0.2, 0.25) is 17.6 Å². The average molecular weight is 363 g/mol. The van der Waals surface area contributed by atoms with Crippen LogP contribution in [0.15, 0.2) is 59.1 Å². The van der Waals surface area contributed by atoms with Gasteiger partial charge in [-0.15, -0.1) is 0 Å². The molecule has 27 heavy (non-hydrogen) atoms. The van der Waals surface area contributed by atoms with E-state index in [1.165, 1.54) is 5.56 Å². The van der Waals surface area contributed by atoms with E-state index in [4.69, 9.17) is 4.52 Å². The maximum absolute atomic E-state index is 12.2. The number of nitrogens with zero attached hydrogens (tertiary/aromatic N) is 2. The summed E-state index contributed by atoms with van der Waals surface area (Å²) >= 11 is 0. The summed E-state index contributed by atoms with van der Waals surface area (Å²) in [6.07, 6.45) is 2.64. The van der Waals surface area contributed by atoms with Crippen LogP contribution in [0.1, 0.15) is 36.8 Å². The topological polar surface area (TPSA) is 68.0 Å². The van der Waals surface area contributed by atoms with Crippen molar-refractivity contribution in [2.45, 2.75) is 45.6 Å². The van der Waals surface area contributed by atoms with Gasteiger partial charge >= 0.3 is 0 Å². The third-order valence-corrected chi connectivity index (χ3v) is 4.43. The minimum Gasteiger partial charge on any atom is -0.354 e. The van der Waals surface area contributed by atoms with Crippen LogP contribution in [-0.4, -0.2) is 22.1 Å². The van der Waals surface area contributed by atoms with Crippen molar-refractivity contribution in [2.24, 2.45) is 0 Å². The fourth-order valence-electron chi connectivity index (χ4n) is 2.93. The first kappa shape index (κ1) is 18.8. The van der Waals surface area contributed by atoms with Crippen LogP contribution in [0.4, 0.5) is 0 Å². The number of aryl methyl sites for hydroxylation is 3. The molecule has 0 saturated heterocycles. The van der Waals surface area contributed by atoms with Crippen molar-refractivity contribution >= 4 is 5.91 Å². The molecule has 0 saturated carbocycles. The molecule has 1 heterocycles. The number of amides is 1. The van der Waals surface area contributed by atoms with Crippen LogP contribution in [0, 0.1) is 6.92 Å². The Kier molecular flexibility index (Phi) is 6.36. The predicted molar refractivity (Wildman–Crippen MR) is 105 cm³/mol. The van der Waals surface area contributed by atoms with E-state index in [1.807, 2.05) is 56.3 Å². The Hall–Kier alpha value is -2.95. The van der Waals surface area contributed by atoms with E-state index < -0.39 is 0 Å². The smallest absolute Gasteiger partial charge is 0.227 e. The fourth-order valence-corrected chi connectivity index (χ4v) is 2.93. The molecule has 1 atom stereocenters. The van der Waals surface area contributed by atoms with Gasteiger partial charge in [0.05, 0.1) is 0 Å². The quantitative estimate of drug-likeness (QED) is 0.654. The van der Waals surface area contributed by atoms with E-state index >= 15 is 0 Å². The third kappa shape index (κ3) is 5.78. The Morgan fingerprint density at radius 3 is 2.70 bits per heavy atom. The summed E-state index contributed by atoms with van der Waals surface area (Å²) in [6.45, 7) is 4.05. The molecule has 1 unspecified atom stereocenters. The van der Waals surface area contributed by atoms with Crippen LogP contribution in [0.5, 0.6) is 0 Å². The van der Waals surface area contributed by atoms with Gasteiger partial charge < -0.3 is 9.84 Å². The highest BCUT2D eigenvalue weighted by Crippen LogP contribution is 2.17. The lowest BCUT2D eigenvalue weighted by molar-refractivity contribution is -0.121. The molecule has 1 N–H and O–H groups in total. The molecule has 0 radical (unpaired) electrons. The number of aromatic nitrogens is 2. The number of carbonyl (C=O) groups is 1. The van der Waals surface area contributed by atoms with E-state index in [-0.39, 0.29) is 11.9 Å². The lowest BCUT2D eigenvalue weighted by Crippen LogP contribution is -2.33. The van der Waals surface area contributed by atoms with Crippen LogP contribution in [0.2, 0.25) is 0 Å². The van der Waals surface area contributed by atoms with Crippen LogP contribution < -0.4 is 5.32 Å². The Labute approximate surface area is 159 Å². The van der Waals surface area contributed by atoms with Gasteiger partial charge in [0.25, 0.3) is 0 Å². The molecule has 0 spiro atoms. The first-order chi connectivity index (χ1) is 13.1. The molecule has 0 aliphatic carbocycles. The van der Waals surface area contributed by atoms with Gasteiger partial charge in [-0.2, -0.15) is 4.98 Å². The highest BCUT2D eigenvalue weighted by molar-refractivity contribution is 5.76. The number of nitrogens with one attached hydrogen (secondary N) is 1. The summed E-state index contributed by atoms with van der Waals surface area (Å²) < 4.78 is 5.28. The summed E-state index contributed by atoms with van der Waals surface area (Å²) in [7, 11) is 0. The predicted octanol–water partition coefficient (Wildman–Crippen LogP) is 4.12. The number of carbonyl (C=O) groups excluding carboxylic acids is 1. The number of benzene rings is 2. The van der Waals surface area contributed by atoms with E-state index in [0.717, 1.165) is 24.0 Å². The van der Waals surface area contributed by atoms with Crippen LogP contribution in [0.3, 0.4) is 0 Å². The largest absolute Gasteiger partial charge is 0.354 e. The molecule has 1 aromatic heterocycles. The van der Waals surface area contributed by atoms with E-state index in [2.05, 4.69) is 27.6 Å². The zero-order valence-electron chi connectivity index (χ0n) is 15.8. The van der Waals surface area contributed by atoms with E-state index in [9.17, 15) is 4.79 Å². The SMILES string of the molecule is Cc1cccc(-c2noc(CCC(=O)NC(C)CCc3ccccc3)n2)c1. The summed E-state index contributed by atoms with van der Waals surface area (Å²) in [6, 6.07) is 18.4. The van der Waals surface area contributed by atoms with Crippen LogP contribution in [0.25, 0.3) is 11.4 Å². The molecule has 5 heteroatoms. The second kappa shape index (κ2) is 9.12. The molecule has 3 aromatic rings. The molecule has 0 aliphatic heterocycles. The highest BCUT2D eigenvalue weighted by Gasteiger charge is 2.12. The summed E-state index contributed by atoms with van der Waals surface area (Å²) in [5.41, 5.74) is 3.35. The molecule has 5 nitrogen and oxygen atoms in total. The van der Waals surface area contributed by atoms with Crippen molar-refractivity contribution in [3.8, 4) is 11.4 Å². The summed E-state index contributed by atoms with van der Waals surface area (Å²) in [5.74, 6) is 1.05. The molecule has 0 fully saturated rings. The van der Waals surface area contributed by atoms with E-state index in [1.54, 1.807) is 0 Å². The van der Waals surface area contributed by atoms with Crippen molar-refractivity contribution in [3.63, 3.8) is 0 Å². The van der Waals surface area contributed by atoms with Crippen LogP contribution in [-0.2, 0) is 17.6 Å². The summed E-state index contributed by atoms with van der Waals surface area (Å²) in [5, 5.41) is 7.05. The van der Waals surface area contributed by atoms with Crippen molar-refractivity contribution in [2.75, 3.05) is 0 Å². The average Bonchev–Trinajstić information content (AvgIpc) is 3.15.